The van der Waals surface area contributed by atoms with Crippen LogP contribution in [0.25, 0.3) is 10.9 Å². The van der Waals surface area contributed by atoms with E-state index in [1.807, 2.05) is 6.07 Å². The average Bonchev–Trinajstić information content (AvgIpc) is 3.53. The monoisotopic (exact) mass is 490 g/mol. The van der Waals surface area contributed by atoms with Crippen molar-refractivity contribution in [1.29, 1.82) is 0 Å². The molecule has 1 aromatic carbocycles. The molecule has 1 saturated heterocycles. The summed E-state index contributed by atoms with van der Waals surface area (Å²) in [6, 6.07) is 11.7. The fourth-order valence-electron chi connectivity index (χ4n) is 6.89. The number of fused-ring (bicyclic) bond motifs is 3. The Morgan fingerprint density at radius 2 is 1.86 bits per heavy atom. The van der Waals surface area contributed by atoms with Gasteiger partial charge in [-0.15, -0.1) is 0 Å². The Balaban J connectivity index is 1.20. The first-order chi connectivity index (χ1) is 17.6. The van der Waals surface area contributed by atoms with Gasteiger partial charge in [-0.25, -0.2) is 9.37 Å². The Hall–Kier alpha value is -2.93. The third-order valence-corrected chi connectivity index (χ3v) is 8.80. The van der Waals surface area contributed by atoms with Gasteiger partial charge in [0.25, 0.3) is 5.56 Å². The number of benzene rings is 1. The van der Waals surface area contributed by atoms with Crippen LogP contribution < -0.4 is 15.8 Å². The van der Waals surface area contributed by atoms with Gasteiger partial charge in [0.1, 0.15) is 5.82 Å². The Labute approximate surface area is 211 Å². The largest absolute Gasteiger partial charge is 0.396 e. The normalized spacial score (nSPS) is 24.1. The second-order valence-corrected chi connectivity index (χ2v) is 11.0. The number of hydrogen-bond acceptors (Lipinski definition) is 5. The van der Waals surface area contributed by atoms with Crippen LogP contribution in [0.3, 0.4) is 0 Å². The highest BCUT2D eigenvalue weighted by atomic mass is 19.1. The molecule has 2 bridgehead atoms. The Morgan fingerprint density at radius 1 is 1.06 bits per heavy atom. The van der Waals surface area contributed by atoms with Gasteiger partial charge in [-0.05, 0) is 93.0 Å². The van der Waals surface area contributed by atoms with E-state index in [0.717, 1.165) is 62.3 Å². The molecule has 6 rings (SSSR count). The quantitative estimate of drug-likeness (QED) is 0.449. The van der Waals surface area contributed by atoms with Gasteiger partial charge in [-0.3, -0.25) is 4.79 Å². The molecule has 1 aliphatic heterocycles. The summed E-state index contributed by atoms with van der Waals surface area (Å²) in [6.07, 6.45) is 10.5. The summed E-state index contributed by atoms with van der Waals surface area (Å²) in [5, 5.41) is 13.1. The SMILES string of the molecule is O=c1c(F)cc2cnc(Nc3ccc(N4CCC(CCCO)CC4)cc3)cc2n1C1CC2CCC1C2. The van der Waals surface area contributed by atoms with Crippen LogP contribution in [-0.2, 0) is 0 Å². The molecule has 36 heavy (non-hydrogen) atoms. The van der Waals surface area contributed by atoms with Crippen molar-refractivity contribution in [2.75, 3.05) is 29.9 Å². The van der Waals surface area contributed by atoms with Crippen molar-refractivity contribution < 1.29 is 9.50 Å². The van der Waals surface area contributed by atoms with Gasteiger partial charge in [0.15, 0.2) is 5.82 Å². The molecule has 0 spiro atoms. The Kier molecular flexibility index (Phi) is 6.42. The number of rotatable bonds is 7. The second-order valence-electron chi connectivity index (χ2n) is 11.0. The van der Waals surface area contributed by atoms with E-state index >= 15 is 0 Å². The molecule has 3 atom stereocenters. The van der Waals surface area contributed by atoms with E-state index < -0.39 is 11.4 Å². The van der Waals surface area contributed by atoms with Gasteiger partial charge >= 0.3 is 0 Å². The van der Waals surface area contributed by atoms with E-state index in [-0.39, 0.29) is 12.6 Å². The maximum atomic E-state index is 14.5. The van der Waals surface area contributed by atoms with Crippen LogP contribution in [0.1, 0.15) is 57.4 Å². The smallest absolute Gasteiger partial charge is 0.287 e. The molecule has 0 radical (unpaired) electrons. The number of anilines is 3. The first kappa shape index (κ1) is 23.5. The van der Waals surface area contributed by atoms with Gasteiger partial charge in [0.2, 0.25) is 0 Å². The Morgan fingerprint density at radius 3 is 2.56 bits per heavy atom. The molecule has 0 amide bonds. The van der Waals surface area contributed by atoms with Crippen molar-refractivity contribution in [1.82, 2.24) is 9.55 Å². The number of pyridine rings is 2. The summed E-state index contributed by atoms with van der Waals surface area (Å²) < 4.78 is 16.2. The van der Waals surface area contributed by atoms with Gasteiger partial charge in [0, 0.05) is 54.8 Å². The number of piperidine rings is 1. The molecule has 3 unspecified atom stereocenters. The molecular formula is C29H35FN4O2. The zero-order valence-electron chi connectivity index (χ0n) is 20.7. The highest BCUT2D eigenvalue weighted by Gasteiger charge is 2.41. The first-order valence-electron chi connectivity index (χ1n) is 13.5. The van der Waals surface area contributed by atoms with Crippen LogP contribution in [0.5, 0.6) is 0 Å². The number of nitrogens with one attached hydrogen (secondary N) is 1. The fourth-order valence-corrected chi connectivity index (χ4v) is 6.89. The molecule has 2 saturated carbocycles. The number of nitrogens with zero attached hydrogens (tertiary/aromatic N) is 3. The van der Waals surface area contributed by atoms with Crippen molar-refractivity contribution in [3.8, 4) is 0 Å². The van der Waals surface area contributed by atoms with E-state index in [1.54, 1.807) is 10.8 Å². The number of hydrogen-bond donors (Lipinski definition) is 2. The van der Waals surface area contributed by atoms with Crippen LogP contribution in [0.2, 0.25) is 0 Å². The lowest BCUT2D eigenvalue weighted by molar-refractivity contribution is 0.261. The van der Waals surface area contributed by atoms with Crippen LogP contribution in [0.15, 0.2) is 47.4 Å². The maximum absolute atomic E-state index is 14.5. The van der Waals surface area contributed by atoms with E-state index in [2.05, 4.69) is 39.5 Å². The molecule has 2 N–H and O–H groups in total. The van der Waals surface area contributed by atoms with Crippen LogP contribution in [0.4, 0.5) is 21.6 Å². The molecule has 3 fully saturated rings. The lowest BCUT2D eigenvalue weighted by Crippen LogP contribution is -2.33. The summed E-state index contributed by atoms with van der Waals surface area (Å²) in [5.41, 5.74) is 2.39. The van der Waals surface area contributed by atoms with E-state index in [0.29, 0.717) is 23.0 Å². The average molecular weight is 491 g/mol. The minimum Gasteiger partial charge on any atom is -0.396 e. The summed E-state index contributed by atoms with van der Waals surface area (Å²) in [6.45, 7) is 2.38. The lowest BCUT2D eigenvalue weighted by Gasteiger charge is -2.33. The van der Waals surface area contributed by atoms with Crippen LogP contribution in [0, 0.1) is 23.6 Å². The van der Waals surface area contributed by atoms with Crippen molar-refractivity contribution in [2.45, 2.75) is 57.4 Å². The van der Waals surface area contributed by atoms with Crippen molar-refractivity contribution >= 4 is 28.1 Å². The van der Waals surface area contributed by atoms with E-state index in [1.165, 1.54) is 31.0 Å². The van der Waals surface area contributed by atoms with Crippen molar-refractivity contribution in [3.63, 3.8) is 0 Å². The zero-order chi connectivity index (χ0) is 24.6. The lowest BCUT2D eigenvalue weighted by atomic mass is 9.92. The predicted molar refractivity (Wildman–Crippen MR) is 141 cm³/mol. The van der Waals surface area contributed by atoms with Crippen LogP contribution >= 0.6 is 0 Å². The number of aromatic nitrogens is 2. The molecule has 7 heteroatoms. The Bertz CT molecular complexity index is 1280. The molecule has 190 valence electrons. The third-order valence-electron chi connectivity index (χ3n) is 8.80. The van der Waals surface area contributed by atoms with Gasteiger partial charge in [-0.2, -0.15) is 0 Å². The van der Waals surface area contributed by atoms with E-state index in [9.17, 15) is 9.18 Å². The van der Waals surface area contributed by atoms with Gasteiger partial charge < -0.3 is 19.9 Å². The molecule has 2 aliphatic carbocycles. The summed E-state index contributed by atoms with van der Waals surface area (Å²) in [5.74, 6) is 1.81. The summed E-state index contributed by atoms with van der Waals surface area (Å²) >= 11 is 0. The molecule has 3 heterocycles. The van der Waals surface area contributed by atoms with Crippen LogP contribution in [-0.4, -0.2) is 34.4 Å². The highest BCUT2D eigenvalue weighted by Crippen LogP contribution is 2.50. The predicted octanol–water partition coefficient (Wildman–Crippen LogP) is 5.63. The van der Waals surface area contributed by atoms with Gasteiger partial charge in [0.05, 0.1) is 5.52 Å². The molecule has 6 nitrogen and oxygen atoms in total. The fraction of sp³-hybridized carbons (Fsp3) is 0.517. The van der Waals surface area contributed by atoms with Gasteiger partial charge in [-0.1, -0.05) is 6.42 Å². The summed E-state index contributed by atoms with van der Waals surface area (Å²) in [4.78, 5) is 19.8. The van der Waals surface area contributed by atoms with Crippen molar-refractivity contribution in [2.24, 2.45) is 17.8 Å². The topological polar surface area (TPSA) is 70.4 Å². The molecule has 3 aliphatic rings. The number of halogens is 1. The molecule has 2 aromatic heterocycles. The third kappa shape index (κ3) is 4.49. The molecular weight excluding hydrogens is 455 g/mol. The maximum Gasteiger partial charge on any atom is 0.287 e. The van der Waals surface area contributed by atoms with E-state index in [4.69, 9.17) is 5.11 Å². The minimum absolute atomic E-state index is 0.0803. The number of aliphatic hydroxyl groups excluding tert-OH is 1. The standard InChI is InChI=1S/C29H35FN4O2/c30-25-16-22-18-31-28(17-27(22)34(29(25)36)26-15-20-3-4-21(26)14-20)32-23-5-7-24(8-6-23)33-11-9-19(10-12-33)2-1-13-35/h5-8,16-21,26,35H,1-4,9-15H2,(H,31,32). The number of aliphatic hydroxyl groups is 1. The first-order valence-corrected chi connectivity index (χ1v) is 13.5. The second kappa shape index (κ2) is 9.85. The minimum atomic E-state index is -0.694. The van der Waals surface area contributed by atoms with Crippen molar-refractivity contribution in [3.05, 3.63) is 58.8 Å². The molecule has 3 aromatic rings. The zero-order valence-corrected chi connectivity index (χ0v) is 20.7. The summed E-state index contributed by atoms with van der Waals surface area (Å²) in [7, 11) is 0. The highest BCUT2D eigenvalue weighted by molar-refractivity contribution is 5.81.